The summed E-state index contributed by atoms with van der Waals surface area (Å²) < 4.78 is 4.52. The van der Waals surface area contributed by atoms with Crippen LogP contribution in [0.4, 0.5) is 0 Å². The molecule has 5 heteroatoms. The fourth-order valence-corrected chi connectivity index (χ4v) is 1.43. The normalized spacial score (nSPS) is 21.4. The van der Waals surface area contributed by atoms with Gasteiger partial charge in [-0.25, -0.2) is 4.79 Å². The van der Waals surface area contributed by atoms with E-state index in [4.69, 9.17) is 4.84 Å². The number of hydrogen-bond acceptors (Lipinski definition) is 5. The third-order valence-electron chi connectivity index (χ3n) is 2.25. The van der Waals surface area contributed by atoms with Gasteiger partial charge in [-0.1, -0.05) is 5.16 Å². The van der Waals surface area contributed by atoms with Crippen LogP contribution in [0.5, 0.6) is 0 Å². The standard InChI is InChI=1S/C10H9NO4/c1-14-9(13)8-6-10(15-11-8)4-2-7(12)3-5-10/h2-5H,6H2,1H3. The van der Waals surface area contributed by atoms with Gasteiger partial charge in [0, 0.05) is 0 Å². The van der Waals surface area contributed by atoms with Gasteiger partial charge in [-0.3, -0.25) is 4.79 Å². The Bertz CT molecular complexity index is 390. The van der Waals surface area contributed by atoms with Crippen molar-refractivity contribution in [2.24, 2.45) is 5.16 Å². The minimum Gasteiger partial charge on any atom is -0.464 e. The summed E-state index contributed by atoms with van der Waals surface area (Å²) in [5.41, 5.74) is -0.557. The maximum atomic E-state index is 11.2. The van der Waals surface area contributed by atoms with Gasteiger partial charge in [0.25, 0.3) is 0 Å². The van der Waals surface area contributed by atoms with Crippen molar-refractivity contribution in [3.05, 3.63) is 24.3 Å². The molecule has 0 unspecified atom stereocenters. The quantitative estimate of drug-likeness (QED) is 0.582. The third kappa shape index (κ3) is 1.68. The van der Waals surface area contributed by atoms with Gasteiger partial charge in [-0.05, 0) is 24.3 Å². The number of oxime groups is 1. The minimum atomic E-state index is -0.780. The number of esters is 1. The zero-order chi connectivity index (χ0) is 10.9. The van der Waals surface area contributed by atoms with Gasteiger partial charge in [-0.2, -0.15) is 0 Å². The molecule has 78 valence electrons. The molecular formula is C10H9NO4. The molecule has 2 aliphatic rings. The zero-order valence-corrected chi connectivity index (χ0v) is 8.10. The van der Waals surface area contributed by atoms with Crippen molar-refractivity contribution >= 4 is 17.5 Å². The van der Waals surface area contributed by atoms with E-state index in [9.17, 15) is 9.59 Å². The van der Waals surface area contributed by atoms with E-state index < -0.39 is 11.6 Å². The van der Waals surface area contributed by atoms with Gasteiger partial charge in [0.05, 0.1) is 13.5 Å². The molecule has 5 nitrogen and oxygen atoms in total. The lowest BCUT2D eigenvalue weighted by molar-refractivity contribution is -0.132. The predicted molar refractivity (Wildman–Crippen MR) is 51.2 cm³/mol. The van der Waals surface area contributed by atoms with Crippen LogP contribution >= 0.6 is 0 Å². The highest BCUT2D eigenvalue weighted by Gasteiger charge is 2.38. The molecule has 0 radical (unpaired) electrons. The smallest absolute Gasteiger partial charge is 0.356 e. The summed E-state index contributed by atoms with van der Waals surface area (Å²) in [6, 6.07) is 0. The summed E-state index contributed by atoms with van der Waals surface area (Å²) in [7, 11) is 1.28. The Morgan fingerprint density at radius 2 is 2.20 bits per heavy atom. The summed E-state index contributed by atoms with van der Waals surface area (Å²) in [4.78, 5) is 27.2. The van der Waals surface area contributed by atoms with Gasteiger partial charge < -0.3 is 9.57 Å². The van der Waals surface area contributed by atoms with Gasteiger partial charge >= 0.3 is 5.97 Å². The van der Waals surface area contributed by atoms with Gasteiger partial charge in [0.15, 0.2) is 17.1 Å². The van der Waals surface area contributed by atoms with E-state index in [1.54, 1.807) is 12.2 Å². The highest BCUT2D eigenvalue weighted by Crippen LogP contribution is 2.29. The second-order valence-electron chi connectivity index (χ2n) is 3.32. The molecule has 0 amide bonds. The summed E-state index contributed by atoms with van der Waals surface area (Å²) >= 11 is 0. The molecule has 0 saturated heterocycles. The number of carbonyl (C=O) groups excluding carboxylic acids is 2. The lowest BCUT2D eigenvalue weighted by Gasteiger charge is -2.19. The largest absolute Gasteiger partial charge is 0.464 e. The van der Waals surface area contributed by atoms with E-state index in [1.807, 2.05) is 0 Å². The van der Waals surface area contributed by atoms with Crippen LogP contribution in [-0.2, 0) is 19.2 Å². The average Bonchev–Trinajstić information content (AvgIpc) is 2.66. The Labute approximate surface area is 86.0 Å². The molecule has 0 N–H and O–H groups in total. The predicted octanol–water partition coefficient (Wildman–Crippen LogP) is 0.370. The molecule has 1 aliphatic carbocycles. The van der Waals surface area contributed by atoms with Crippen LogP contribution in [-0.4, -0.2) is 30.2 Å². The lowest BCUT2D eigenvalue weighted by Crippen LogP contribution is -2.28. The summed E-state index contributed by atoms with van der Waals surface area (Å²) in [5, 5.41) is 3.64. The van der Waals surface area contributed by atoms with E-state index in [0.717, 1.165) is 0 Å². The Morgan fingerprint density at radius 3 is 2.80 bits per heavy atom. The van der Waals surface area contributed by atoms with Crippen LogP contribution in [0.3, 0.4) is 0 Å². The second-order valence-corrected chi connectivity index (χ2v) is 3.32. The average molecular weight is 207 g/mol. The number of methoxy groups -OCH3 is 1. The minimum absolute atomic E-state index is 0.101. The molecule has 1 aliphatic heterocycles. The first-order valence-electron chi connectivity index (χ1n) is 4.41. The number of ketones is 1. The number of rotatable bonds is 1. The zero-order valence-electron chi connectivity index (χ0n) is 8.10. The number of ether oxygens (including phenoxy) is 1. The van der Waals surface area contributed by atoms with Crippen LogP contribution in [0.2, 0.25) is 0 Å². The molecule has 0 aromatic carbocycles. The van der Waals surface area contributed by atoms with Gasteiger partial charge in [0.2, 0.25) is 0 Å². The first-order valence-corrected chi connectivity index (χ1v) is 4.41. The van der Waals surface area contributed by atoms with Crippen LogP contribution in [0, 0.1) is 0 Å². The molecular weight excluding hydrogens is 198 g/mol. The number of hydrogen-bond donors (Lipinski definition) is 0. The molecule has 0 bridgehead atoms. The van der Waals surface area contributed by atoms with Crippen molar-refractivity contribution in [2.45, 2.75) is 12.0 Å². The van der Waals surface area contributed by atoms with E-state index in [-0.39, 0.29) is 11.5 Å². The fourth-order valence-electron chi connectivity index (χ4n) is 1.43. The Balaban J connectivity index is 2.13. The number of nitrogens with zero attached hydrogens (tertiary/aromatic N) is 1. The van der Waals surface area contributed by atoms with E-state index in [1.165, 1.54) is 19.3 Å². The number of carbonyl (C=O) groups is 2. The van der Waals surface area contributed by atoms with Crippen molar-refractivity contribution in [1.29, 1.82) is 0 Å². The van der Waals surface area contributed by atoms with Crippen molar-refractivity contribution in [3.8, 4) is 0 Å². The second kappa shape index (κ2) is 3.34. The third-order valence-corrected chi connectivity index (χ3v) is 2.25. The van der Waals surface area contributed by atoms with Crippen molar-refractivity contribution < 1.29 is 19.2 Å². The highest BCUT2D eigenvalue weighted by molar-refractivity contribution is 6.37. The van der Waals surface area contributed by atoms with Crippen molar-refractivity contribution in [3.63, 3.8) is 0 Å². The lowest BCUT2D eigenvalue weighted by atomic mass is 9.92. The van der Waals surface area contributed by atoms with Gasteiger partial charge in [0.1, 0.15) is 0 Å². The molecule has 2 rings (SSSR count). The van der Waals surface area contributed by atoms with E-state index in [2.05, 4.69) is 9.89 Å². The Kier molecular flexibility index (Phi) is 2.15. The van der Waals surface area contributed by atoms with Crippen molar-refractivity contribution in [1.82, 2.24) is 0 Å². The highest BCUT2D eigenvalue weighted by atomic mass is 16.7. The van der Waals surface area contributed by atoms with Crippen LogP contribution < -0.4 is 0 Å². The molecule has 0 aromatic heterocycles. The van der Waals surface area contributed by atoms with Crippen LogP contribution in [0.1, 0.15) is 6.42 Å². The molecule has 0 atom stereocenters. The maximum Gasteiger partial charge on any atom is 0.356 e. The first kappa shape index (κ1) is 9.64. The summed E-state index contributed by atoms with van der Waals surface area (Å²) in [6.07, 6.45) is 6.27. The monoisotopic (exact) mass is 207 g/mol. The topological polar surface area (TPSA) is 65.0 Å². The van der Waals surface area contributed by atoms with Crippen molar-refractivity contribution in [2.75, 3.05) is 7.11 Å². The fraction of sp³-hybridized carbons (Fsp3) is 0.300. The Hall–Kier alpha value is -1.91. The molecule has 0 saturated carbocycles. The number of allylic oxidation sites excluding steroid dienone is 2. The maximum absolute atomic E-state index is 11.2. The Morgan fingerprint density at radius 1 is 1.53 bits per heavy atom. The molecule has 0 fully saturated rings. The first-order chi connectivity index (χ1) is 7.15. The van der Waals surface area contributed by atoms with E-state index in [0.29, 0.717) is 6.42 Å². The molecule has 0 aromatic rings. The van der Waals surface area contributed by atoms with E-state index >= 15 is 0 Å². The molecule has 15 heavy (non-hydrogen) atoms. The SMILES string of the molecule is COC(=O)C1=NOC2(C=CC(=O)C=C2)C1. The van der Waals surface area contributed by atoms with Gasteiger partial charge in [-0.15, -0.1) is 0 Å². The molecule has 1 spiro atoms. The summed E-state index contributed by atoms with van der Waals surface area (Å²) in [6.45, 7) is 0. The summed E-state index contributed by atoms with van der Waals surface area (Å²) in [5.74, 6) is -0.610. The molecule has 1 heterocycles. The van der Waals surface area contributed by atoms with Crippen LogP contribution in [0.15, 0.2) is 29.5 Å². The van der Waals surface area contributed by atoms with Crippen LogP contribution in [0.25, 0.3) is 0 Å².